The number of amides is 1. The van der Waals surface area contributed by atoms with Crippen molar-refractivity contribution in [3.8, 4) is 0 Å². The maximum absolute atomic E-state index is 12.9. The highest BCUT2D eigenvalue weighted by atomic mass is 19.1. The molecular weight excluding hydrogens is 375 g/mol. The lowest BCUT2D eigenvalue weighted by atomic mass is 10.1. The molecule has 0 spiro atoms. The number of hydrogen-bond donors (Lipinski definition) is 1. The second-order valence-corrected chi connectivity index (χ2v) is 7.03. The minimum atomic E-state index is -0.600. The first-order chi connectivity index (χ1) is 13.8. The summed E-state index contributed by atoms with van der Waals surface area (Å²) in [7, 11) is 0. The van der Waals surface area contributed by atoms with Crippen LogP contribution in [0.2, 0.25) is 0 Å². The SMILES string of the molecule is Cc1cc(C(=O)OCC(=O)NCCc2ccc(F)cc2)c2cnn(C(C)C)c2n1. The zero-order valence-corrected chi connectivity index (χ0v) is 16.6. The normalized spacial score (nSPS) is 11.1. The van der Waals surface area contributed by atoms with Crippen molar-refractivity contribution in [3.05, 3.63) is 59.2 Å². The van der Waals surface area contributed by atoms with E-state index in [4.69, 9.17) is 4.74 Å². The highest BCUT2D eigenvalue weighted by molar-refractivity contribution is 6.03. The molecule has 0 atom stereocenters. The van der Waals surface area contributed by atoms with Gasteiger partial charge in [-0.2, -0.15) is 5.10 Å². The van der Waals surface area contributed by atoms with Crippen LogP contribution in [0.15, 0.2) is 36.5 Å². The van der Waals surface area contributed by atoms with E-state index in [1.807, 2.05) is 13.8 Å². The van der Waals surface area contributed by atoms with Crippen molar-refractivity contribution >= 4 is 22.9 Å². The number of aryl methyl sites for hydroxylation is 1. The summed E-state index contributed by atoms with van der Waals surface area (Å²) < 4.78 is 19.8. The third-order valence-corrected chi connectivity index (χ3v) is 4.39. The van der Waals surface area contributed by atoms with E-state index in [0.29, 0.717) is 35.3 Å². The molecule has 0 aliphatic carbocycles. The first kappa shape index (κ1) is 20.4. The maximum Gasteiger partial charge on any atom is 0.339 e. The van der Waals surface area contributed by atoms with E-state index in [0.717, 1.165) is 5.56 Å². The van der Waals surface area contributed by atoms with Crippen LogP contribution in [0, 0.1) is 12.7 Å². The van der Waals surface area contributed by atoms with Crippen molar-refractivity contribution in [3.63, 3.8) is 0 Å². The molecule has 152 valence electrons. The average molecular weight is 398 g/mol. The van der Waals surface area contributed by atoms with Gasteiger partial charge in [0.2, 0.25) is 0 Å². The van der Waals surface area contributed by atoms with Gasteiger partial charge in [0.15, 0.2) is 12.3 Å². The van der Waals surface area contributed by atoms with E-state index in [-0.39, 0.29) is 18.5 Å². The fraction of sp³-hybridized carbons (Fsp3) is 0.333. The molecule has 29 heavy (non-hydrogen) atoms. The number of esters is 1. The highest BCUT2D eigenvalue weighted by Crippen LogP contribution is 2.21. The lowest BCUT2D eigenvalue weighted by Gasteiger charge is -2.09. The van der Waals surface area contributed by atoms with E-state index >= 15 is 0 Å². The smallest absolute Gasteiger partial charge is 0.339 e. The van der Waals surface area contributed by atoms with E-state index in [1.54, 1.807) is 36.0 Å². The molecule has 0 saturated heterocycles. The fourth-order valence-corrected chi connectivity index (χ4v) is 2.95. The van der Waals surface area contributed by atoms with Gasteiger partial charge in [-0.05, 0) is 51.0 Å². The number of hydrogen-bond acceptors (Lipinski definition) is 5. The summed E-state index contributed by atoms with van der Waals surface area (Å²) in [5.41, 5.74) is 2.50. The third kappa shape index (κ3) is 4.96. The number of ether oxygens (including phenoxy) is 1. The Morgan fingerprint density at radius 3 is 2.66 bits per heavy atom. The standard InChI is InChI=1S/C21H23FN4O3/c1-13(2)26-20-18(11-24-26)17(10-14(3)25-20)21(28)29-12-19(27)23-9-8-15-4-6-16(22)7-5-15/h4-7,10-11,13H,8-9,12H2,1-3H3,(H,23,27). The Bertz CT molecular complexity index is 1030. The highest BCUT2D eigenvalue weighted by Gasteiger charge is 2.18. The number of carbonyl (C=O) groups is 2. The van der Waals surface area contributed by atoms with Gasteiger partial charge in [-0.15, -0.1) is 0 Å². The Morgan fingerprint density at radius 1 is 1.24 bits per heavy atom. The molecule has 0 bridgehead atoms. The Morgan fingerprint density at radius 2 is 1.97 bits per heavy atom. The van der Waals surface area contributed by atoms with Crippen LogP contribution in [0.25, 0.3) is 11.0 Å². The maximum atomic E-state index is 12.9. The molecule has 0 saturated carbocycles. The Balaban J connectivity index is 1.57. The molecule has 0 aliphatic rings. The summed E-state index contributed by atoms with van der Waals surface area (Å²) in [6, 6.07) is 7.79. The lowest BCUT2D eigenvalue weighted by molar-refractivity contribution is -0.124. The van der Waals surface area contributed by atoms with Gasteiger partial charge < -0.3 is 10.1 Å². The molecule has 1 aromatic carbocycles. The summed E-state index contributed by atoms with van der Waals surface area (Å²) in [5.74, 6) is -1.30. The number of aromatic nitrogens is 3. The number of nitrogens with zero attached hydrogens (tertiary/aromatic N) is 3. The minimum absolute atomic E-state index is 0.0950. The first-order valence-corrected chi connectivity index (χ1v) is 9.38. The number of benzene rings is 1. The molecule has 0 radical (unpaired) electrons. The van der Waals surface area contributed by atoms with E-state index in [9.17, 15) is 14.0 Å². The third-order valence-electron chi connectivity index (χ3n) is 4.39. The molecule has 0 unspecified atom stereocenters. The average Bonchev–Trinajstić information content (AvgIpc) is 3.11. The molecule has 0 fully saturated rings. The summed E-state index contributed by atoms with van der Waals surface area (Å²) in [6.45, 7) is 5.72. The van der Waals surface area contributed by atoms with Gasteiger partial charge >= 0.3 is 5.97 Å². The Labute approximate surface area is 167 Å². The van der Waals surface area contributed by atoms with Crippen LogP contribution in [0.4, 0.5) is 4.39 Å². The van der Waals surface area contributed by atoms with E-state index < -0.39 is 11.9 Å². The van der Waals surface area contributed by atoms with Crippen molar-refractivity contribution in [2.45, 2.75) is 33.2 Å². The van der Waals surface area contributed by atoms with Crippen LogP contribution in [0.1, 0.15) is 41.5 Å². The summed E-state index contributed by atoms with van der Waals surface area (Å²) in [4.78, 5) is 28.9. The van der Waals surface area contributed by atoms with Gasteiger partial charge in [0.25, 0.3) is 5.91 Å². The van der Waals surface area contributed by atoms with Gasteiger partial charge in [0.1, 0.15) is 5.82 Å². The van der Waals surface area contributed by atoms with Gasteiger partial charge in [0.05, 0.1) is 17.1 Å². The Kier molecular flexibility index (Phi) is 6.21. The van der Waals surface area contributed by atoms with Crippen LogP contribution < -0.4 is 5.32 Å². The van der Waals surface area contributed by atoms with Crippen LogP contribution in [0.5, 0.6) is 0 Å². The predicted octanol–water partition coefficient (Wildman–Crippen LogP) is 2.98. The number of nitrogens with one attached hydrogen (secondary N) is 1. The molecular formula is C21H23FN4O3. The molecule has 1 N–H and O–H groups in total. The molecule has 2 aromatic heterocycles. The molecule has 3 rings (SSSR count). The second kappa shape index (κ2) is 8.81. The fourth-order valence-electron chi connectivity index (χ4n) is 2.95. The number of carbonyl (C=O) groups excluding carboxylic acids is 2. The van der Waals surface area contributed by atoms with Gasteiger partial charge in [-0.3, -0.25) is 4.79 Å². The molecule has 2 heterocycles. The topological polar surface area (TPSA) is 86.1 Å². The molecule has 7 nitrogen and oxygen atoms in total. The first-order valence-electron chi connectivity index (χ1n) is 9.38. The minimum Gasteiger partial charge on any atom is -0.452 e. The molecule has 0 aliphatic heterocycles. The molecule has 1 amide bonds. The van der Waals surface area contributed by atoms with E-state index in [1.165, 1.54) is 12.1 Å². The van der Waals surface area contributed by atoms with Crippen molar-refractivity contribution in [2.75, 3.05) is 13.2 Å². The van der Waals surface area contributed by atoms with Crippen molar-refractivity contribution in [2.24, 2.45) is 0 Å². The quantitative estimate of drug-likeness (QED) is 0.619. The zero-order valence-electron chi connectivity index (χ0n) is 16.6. The predicted molar refractivity (Wildman–Crippen MR) is 106 cm³/mol. The zero-order chi connectivity index (χ0) is 21.0. The van der Waals surface area contributed by atoms with Gasteiger partial charge in [0, 0.05) is 18.3 Å². The second-order valence-electron chi connectivity index (χ2n) is 7.03. The van der Waals surface area contributed by atoms with E-state index in [2.05, 4.69) is 15.4 Å². The number of halogens is 1. The largest absolute Gasteiger partial charge is 0.452 e. The lowest BCUT2D eigenvalue weighted by Crippen LogP contribution is -2.30. The van der Waals surface area contributed by atoms with Crippen LogP contribution in [0.3, 0.4) is 0 Å². The molecule has 8 heteroatoms. The monoisotopic (exact) mass is 398 g/mol. The number of fused-ring (bicyclic) bond motifs is 1. The van der Waals surface area contributed by atoms with Gasteiger partial charge in [-0.1, -0.05) is 12.1 Å². The molecule has 3 aromatic rings. The summed E-state index contributed by atoms with van der Waals surface area (Å²) in [6.07, 6.45) is 2.14. The summed E-state index contributed by atoms with van der Waals surface area (Å²) >= 11 is 0. The van der Waals surface area contributed by atoms with Crippen LogP contribution in [-0.4, -0.2) is 39.8 Å². The summed E-state index contributed by atoms with van der Waals surface area (Å²) in [5, 5.41) is 7.56. The number of rotatable bonds is 7. The number of pyridine rings is 1. The van der Waals surface area contributed by atoms with Gasteiger partial charge in [-0.25, -0.2) is 18.9 Å². The van der Waals surface area contributed by atoms with Crippen LogP contribution in [-0.2, 0) is 16.0 Å². The van der Waals surface area contributed by atoms with Crippen molar-refractivity contribution < 1.29 is 18.7 Å². The van der Waals surface area contributed by atoms with Crippen molar-refractivity contribution in [1.82, 2.24) is 20.1 Å². The van der Waals surface area contributed by atoms with Crippen molar-refractivity contribution in [1.29, 1.82) is 0 Å². The Hall–Kier alpha value is -3.29. The van der Waals surface area contributed by atoms with Crippen LogP contribution >= 0.6 is 0 Å².